The number of rotatable bonds is 6. The Balaban J connectivity index is 1.44. The number of allylic oxidation sites excluding steroid dienone is 6. The van der Waals surface area contributed by atoms with Crippen LogP contribution in [0.5, 0.6) is 0 Å². The molecule has 2 aromatic heterocycles. The SMILES string of the molecule is C1=CPCC(c2cc(Cc3cc(C4=CPCC=C4)cc(-c4cccnc4)c3)cc(-c3cccnc3)c2)=C1. The largest absolute Gasteiger partial charge is 0.264 e. The fraction of sp³-hybridized carbons (Fsp3) is 0.0909. The van der Waals surface area contributed by atoms with Gasteiger partial charge in [-0.1, -0.05) is 89.5 Å². The average molecular weight is 515 g/mol. The Morgan fingerprint density at radius 3 is 1.97 bits per heavy atom. The van der Waals surface area contributed by atoms with Gasteiger partial charge in [-0.25, -0.2) is 0 Å². The van der Waals surface area contributed by atoms with Crippen LogP contribution in [0.4, 0.5) is 0 Å². The van der Waals surface area contributed by atoms with Gasteiger partial charge in [0.15, 0.2) is 0 Å². The molecule has 6 rings (SSSR count). The highest BCUT2D eigenvalue weighted by Gasteiger charge is 2.12. The summed E-state index contributed by atoms with van der Waals surface area (Å²) in [6.07, 6.45) is 19.7. The molecule has 4 heteroatoms. The van der Waals surface area contributed by atoms with E-state index >= 15 is 0 Å². The minimum atomic E-state index is 0.845. The summed E-state index contributed by atoms with van der Waals surface area (Å²) in [6.45, 7) is 0. The first kappa shape index (κ1) is 23.9. The minimum Gasteiger partial charge on any atom is -0.264 e. The standard InChI is InChI=1S/C33H28N2P2/c1-5-26(20-34-9-1)30-14-24(16-32(18-30)28-7-3-11-36-22-28)13-25-15-31(27-6-2-10-35-21-27)19-33(17-25)29-8-4-12-37-23-29/h1-11,14-21,23,36-37H,12-13,22H2. The Hall–Kier alpha value is -3.44. The van der Waals surface area contributed by atoms with Gasteiger partial charge in [-0.05, 0) is 87.5 Å². The van der Waals surface area contributed by atoms with Crippen LogP contribution in [-0.2, 0) is 6.42 Å². The number of benzene rings is 2. The van der Waals surface area contributed by atoms with Crippen molar-refractivity contribution in [3.63, 3.8) is 0 Å². The van der Waals surface area contributed by atoms with Crippen LogP contribution in [0.15, 0.2) is 121 Å². The Labute approximate surface area is 222 Å². The first-order valence-corrected chi connectivity index (χ1v) is 15.2. The van der Waals surface area contributed by atoms with E-state index in [0.717, 1.165) is 47.0 Å². The molecule has 2 nitrogen and oxygen atoms in total. The van der Waals surface area contributed by atoms with E-state index in [1.54, 1.807) is 0 Å². The van der Waals surface area contributed by atoms with Gasteiger partial charge < -0.3 is 0 Å². The lowest BCUT2D eigenvalue weighted by atomic mass is 9.91. The monoisotopic (exact) mass is 514 g/mol. The number of nitrogens with zero attached hydrogens (tertiary/aromatic N) is 2. The molecule has 2 unspecified atom stereocenters. The third-order valence-electron chi connectivity index (χ3n) is 6.68. The second-order valence-corrected chi connectivity index (χ2v) is 11.5. The van der Waals surface area contributed by atoms with Crippen LogP contribution in [0, 0.1) is 0 Å². The van der Waals surface area contributed by atoms with Gasteiger partial charge in [0.25, 0.3) is 0 Å². The van der Waals surface area contributed by atoms with E-state index in [2.05, 4.69) is 94.4 Å². The van der Waals surface area contributed by atoms with Crippen LogP contribution < -0.4 is 0 Å². The first-order valence-electron chi connectivity index (χ1n) is 12.6. The van der Waals surface area contributed by atoms with Crippen molar-refractivity contribution in [2.45, 2.75) is 6.42 Å². The highest BCUT2D eigenvalue weighted by molar-refractivity contribution is 7.42. The van der Waals surface area contributed by atoms with Crippen molar-refractivity contribution in [2.24, 2.45) is 0 Å². The maximum absolute atomic E-state index is 4.38. The van der Waals surface area contributed by atoms with Gasteiger partial charge in [-0.3, -0.25) is 9.97 Å². The predicted octanol–water partition coefficient (Wildman–Crippen LogP) is 8.58. The number of pyridine rings is 2. The van der Waals surface area contributed by atoms with Crippen LogP contribution in [0.25, 0.3) is 33.4 Å². The van der Waals surface area contributed by atoms with Crippen LogP contribution >= 0.6 is 17.2 Å². The summed E-state index contributed by atoms with van der Waals surface area (Å²) in [7, 11) is 1.69. The van der Waals surface area contributed by atoms with Crippen molar-refractivity contribution in [3.05, 3.63) is 144 Å². The summed E-state index contributed by atoms with van der Waals surface area (Å²) in [5.41, 5.74) is 12.7. The predicted molar refractivity (Wildman–Crippen MR) is 163 cm³/mol. The quantitative estimate of drug-likeness (QED) is 0.241. The lowest BCUT2D eigenvalue weighted by Crippen LogP contribution is -1.97. The van der Waals surface area contributed by atoms with Crippen molar-refractivity contribution in [3.8, 4) is 22.3 Å². The molecule has 0 bridgehead atoms. The number of hydrogen-bond acceptors (Lipinski definition) is 2. The molecule has 0 amide bonds. The molecule has 4 heterocycles. The third-order valence-corrected chi connectivity index (χ3v) is 8.68. The van der Waals surface area contributed by atoms with Crippen molar-refractivity contribution >= 4 is 28.3 Å². The van der Waals surface area contributed by atoms with Gasteiger partial charge in [0.1, 0.15) is 0 Å². The topological polar surface area (TPSA) is 25.8 Å². The van der Waals surface area contributed by atoms with Gasteiger partial charge in [0.2, 0.25) is 0 Å². The summed E-state index contributed by atoms with van der Waals surface area (Å²) in [5, 5.41) is 0. The van der Waals surface area contributed by atoms with E-state index in [-0.39, 0.29) is 0 Å². The number of aromatic nitrogens is 2. The van der Waals surface area contributed by atoms with Gasteiger partial charge in [-0.2, -0.15) is 0 Å². The molecule has 0 fully saturated rings. The Morgan fingerprint density at radius 1 is 0.703 bits per heavy atom. The maximum atomic E-state index is 4.38. The third kappa shape index (κ3) is 5.78. The first-order chi connectivity index (χ1) is 18.3. The minimum absolute atomic E-state index is 0.845. The molecule has 37 heavy (non-hydrogen) atoms. The Bertz CT molecular complexity index is 1530. The van der Waals surface area contributed by atoms with E-state index in [0.29, 0.717) is 0 Å². The van der Waals surface area contributed by atoms with E-state index in [4.69, 9.17) is 0 Å². The summed E-state index contributed by atoms with van der Waals surface area (Å²) >= 11 is 0. The molecule has 0 saturated heterocycles. The molecule has 0 spiro atoms. The average Bonchev–Trinajstić information content (AvgIpc) is 2.99. The van der Waals surface area contributed by atoms with E-state index in [9.17, 15) is 0 Å². The van der Waals surface area contributed by atoms with E-state index in [1.807, 2.05) is 36.9 Å². The van der Waals surface area contributed by atoms with Crippen LogP contribution in [0.1, 0.15) is 22.3 Å². The van der Waals surface area contributed by atoms with Gasteiger partial charge in [0, 0.05) is 35.9 Å². The lowest BCUT2D eigenvalue weighted by Gasteiger charge is -2.16. The highest BCUT2D eigenvalue weighted by Crippen LogP contribution is 2.34. The van der Waals surface area contributed by atoms with Crippen LogP contribution in [0.2, 0.25) is 0 Å². The lowest BCUT2D eigenvalue weighted by molar-refractivity contribution is 1.18. The maximum Gasteiger partial charge on any atom is 0.0346 e. The van der Waals surface area contributed by atoms with E-state index < -0.39 is 0 Å². The zero-order valence-corrected chi connectivity index (χ0v) is 22.6. The molecular formula is C33H28N2P2. The van der Waals surface area contributed by atoms with E-state index in [1.165, 1.54) is 44.5 Å². The Kier molecular flexibility index (Phi) is 7.31. The highest BCUT2D eigenvalue weighted by atomic mass is 31.1. The molecule has 0 saturated carbocycles. The molecule has 2 aromatic carbocycles. The molecule has 2 atom stereocenters. The summed E-state index contributed by atoms with van der Waals surface area (Å²) in [4.78, 5) is 8.76. The second kappa shape index (κ2) is 11.3. The molecule has 180 valence electrons. The van der Waals surface area contributed by atoms with Crippen molar-refractivity contribution in [1.82, 2.24) is 9.97 Å². The summed E-state index contributed by atoms with van der Waals surface area (Å²) in [5.74, 6) is 4.66. The Morgan fingerprint density at radius 2 is 1.38 bits per heavy atom. The van der Waals surface area contributed by atoms with Gasteiger partial charge in [0.05, 0.1) is 0 Å². The van der Waals surface area contributed by atoms with Crippen molar-refractivity contribution < 1.29 is 0 Å². The van der Waals surface area contributed by atoms with Crippen molar-refractivity contribution in [2.75, 3.05) is 12.3 Å². The molecule has 0 aliphatic carbocycles. The van der Waals surface area contributed by atoms with Crippen LogP contribution in [0.3, 0.4) is 0 Å². The van der Waals surface area contributed by atoms with Gasteiger partial charge in [-0.15, -0.1) is 0 Å². The second-order valence-electron chi connectivity index (χ2n) is 9.34. The van der Waals surface area contributed by atoms with Crippen molar-refractivity contribution in [1.29, 1.82) is 0 Å². The zero-order chi connectivity index (χ0) is 24.9. The fourth-order valence-corrected chi connectivity index (χ4v) is 6.63. The molecule has 4 aromatic rings. The zero-order valence-electron chi connectivity index (χ0n) is 20.6. The normalized spacial score (nSPS) is 16.1. The fourth-order valence-electron chi connectivity index (χ4n) is 4.89. The van der Waals surface area contributed by atoms with Crippen LogP contribution in [-0.4, -0.2) is 22.3 Å². The molecule has 0 N–H and O–H groups in total. The van der Waals surface area contributed by atoms with Gasteiger partial charge >= 0.3 is 0 Å². The molecule has 2 aliphatic rings. The molecule has 0 radical (unpaired) electrons. The smallest absolute Gasteiger partial charge is 0.0346 e. The number of hydrogen-bond donors (Lipinski definition) is 0. The molecule has 2 aliphatic heterocycles. The molecular weight excluding hydrogens is 486 g/mol. The summed E-state index contributed by atoms with van der Waals surface area (Å²) < 4.78 is 0. The summed E-state index contributed by atoms with van der Waals surface area (Å²) in [6, 6.07) is 22.4.